The highest BCUT2D eigenvalue weighted by Crippen LogP contribution is 2.39. The van der Waals surface area contributed by atoms with Crippen LogP contribution in [0.1, 0.15) is 50.5 Å². The standard InChI is InChI=1S/C20H28ClN3O2.ClH/c21-16-4-1-3-15(13-16)20(14-22)9-7-17(8-10-20)23-11-2-12-24-18(25)5-6-19(24)26;/h1,3-4,13,17,23H,2,5-12,14,22H2;1H/t17-,20-;. The molecule has 27 heavy (non-hydrogen) atoms. The topological polar surface area (TPSA) is 75.4 Å². The largest absolute Gasteiger partial charge is 0.330 e. The van der Waals surface area contributed by atoms with Crippen molar-refractivity contribution in [1.29, 1.82) is 0 Å². The molecule has 1 saturated heterocycles. The quantitative estimate of drug-likeness (QED) is 0.531. The van der Waals surface area contributed by atoms with E-state index in [0.717, 1.165) is 43.7 Å². The van der Waals surface area contributed by atoms with Crippen molar-refractivity contribution in [2.24, 2.45) is 5.73 Å². The first-order valence-electron chi connectivity index (χ1n) is 9.57. The van der Waals surface area contributed by atoms with E-state index in [4.69, 9.17) is 17.3 Å². The summed E-state index contributed by atoms with van der Waals surface area (Å²) in [4.78, 5) is 24.6. The number of carbonyl (C=O) groups is 2. The molecule has 1 aliphatic carbocycles. The Kier molecular flexibility index (Phi) is 8.10. The second kappa shape index (κ2) is 9.87. The van der Waals surface area contributed by atoms with Gasteiger partial charge in [0, 0.05) is 42.4 Å². The fourth-order valence-electron chi connectivity index (χ4n) is 4.22. The summed E-state index contributed by atoms with van der Waals surface area (Å²) < 4.78 is 0. The highest BCUT2D eigenvalue weighted by atomic mass is 35.5. The van der Waals surface area contributed by atoms with Crippen LogP contribution in [0.25, 0.3) is 0 Å². The van der Waals surface area contributed by atoms with Crippen molar-refractivity contribution in [1.82, 2.24) is 10.2 Å². The molecule has 0 radical (unpaired) electrons. The number of imide groups is 1. The molecule has 0 unspecified atom stereocenters. The van der Waals surface area contributed by atoms with E-state index in [0.29, 0.717) is 32.0 Å². The third-order valence-electron chi connectivity index (χ3n) is 5.92. The van der Waals surface area contributed by atoms with Gasteiger partial charge in [0.15, 0.2) is 0 Å². The van der Waals surface area contributed by atoms with Crippen molar-refractivity contribution >= 4 is 35.8 Å². The number of halogens is 2. The van der Waals surface area contributed by atoms with Crippen molar-refractivity contribution in [3.8, 4) is 0 Å². The highest BCUT2D eigenvalue weighted by molar-refractivity contribution is 6.30. The monoisotopic (exact) mass is 413 g/mol. The zero-order valence-electron chi connectivity index (χ0n) is 15.6. The van der Waals surface area contributed by atoms with E-state index in [1.807, 2.05) is 18.2 Å². The summed E-state index contributed by atoms with van der Waals surface area (Å²) in [7, 11) is 0. The lowest BCUT2D eigenvalue weighted by Crippen LogP contribution is -2.44. The van der Waals surface area contributed by atoms with Crippen molar-refractivity contribution in [2.75, 3.05) is 19.6 Å². The lowest BCUT2D eigenvalue weighted by atomic mass is 9.68. The summed E-state index contributed by atoms with van der Waals surface area (Å²) in [6.07, 6.45) is 5.80. The summed E-state index contributed by atoms with van der Waals surface area (Å²) in [5.74, 6) is -0.0520. The minimum Gasteiger partial charge on any atom is -0.330 e. The van der Waals surface area contributed by atoms with Gasteiger partial charge >= 0.3 is 0 Å². The number of nitrogens with one attached hydrogen (secondary N) is 1. The van der Waals surface area contributed by atoms with Gasteiger partial charge in [-0.15, -0.1) is 12.4 Å². The lowest BCUT2D eigenvalue weighted by molar-refractivity contribution is -0.138. The van der Waals surface area contributed by atoms with Gasteiger partial charge in [-0.25, -0.2) is 0 Å². The van der Waals surface area contributed by atoms with Gasteiger partial charge in [-0.05, 0) is 56.3 Å². The number of likely N-dealkylation sites (tertiary alicyclic amines) is 1. The minimum atomic E-state index is -0.0260. The number of amides is 2. The molecule has 7 heteroatoms. The van der Waals surface area contributed by atoms with E-state index in [9.17, 15) is 9.59 Å². The molecular formula is C20H29Cl2N3O2. The van der Waals surface area contributed by atoms with Gasteiger partial charge in [-0.2, -0.15) is 0 Å². The number of hydrogen-bond acceptors (Lipinski definition) is 4. The van der Waals surface area contributed by atoms with Crippen LogP contribution in [0.15, 0.2) is 24.3 Å². The van der Waals surface area contributed by atoms with Crippen LogP contribution < -0.4 is 11.1 Å². The van der Waals surface area contributed by atoms with E-state index in [1.165, 1.54) is 10.5 Å². The van der Waals surface area contributed by atoms with Gasteiger partial charge in [-0.1, -0.05) is 23.7 Å². The van der Waals surface area contributed by atoms with E-state index >= 15 is 0 Å². The Morgan fingerprint density at radius 2 is 1.85 bits per heavy atom. The van der Waals surface area contributed by atoms with Crippen molar-refractivity contribution < 1.29 is 9.59 Å². The molecule has 0 bridgehead atoms. The SMILES string of the molecule is Cl.NC[C@]1(c2cccc(Cl)c2)CC[C@H](NCCCN2C(=O)CCC2=O)CC1. The van der Waals surface area contributed by atoms with Crippen LogP contribution in [0.3, 0.4) is 0 Å². The first-order valence-corrected chi connectivity index (χ1v) is 9.94. The number of benzene rings is 1. The normalized spacial score (nSPS) is 25.6. The fourth-order valence-corrected chi connectivity index (χ4v) is 4.41. The molecule has 0 aromatic heterocycles. The van der Waals surface area contributed by atoms with Crippen LogP contribution >= 0.6 is 24.0 Å². The predicted molar refractivity (Wildman–Crippen MR) is 110 cm³/mol. The fraction of sp³-hybridized carbons (Fsp3) is 0.600. The molecule has 0 atom stereocenters. The summed E-state index contributed by atoms with van der Waals surface area (Å²) in [6, 6.07) is 8.56. The Morgan fingerprint density at radius 3 is 2.44 bits per heavy atom. The molecule has 3 rings (SSSR count). The third-order valence-corrected chi connectivity index (χ3v) is 6.15. The molecule has 2 aliphatic rings. The average Bonchev–Trinajstić information content (AvgIpc) is 2.97. The van der Waals surface area contributed by atoms with E-state index in [1.54, 1.807) is 0 Å². The molecule has 1 heterocycles. The number of hydrogen-bond donors (Lipinski definition) is 2. The predicted octanol–water partition coefficient (Wildman–Crippen LogP) is 3.03. The Labute approximate surface area is 172 Å². The van der Waals surface area contributed by atoms with Gasteiger partial charge in [0.2, 0.25) is 11.8 Å². The Bertz CT molecular complexity index is 644. The molecule has 1 saturated carbocycles. The van der Waals surface area contributed by atoms with Crippen LogP contribution in [0.5, 0.6) is 0 Å². The van der Waals surface area contributed by atoms with Crippen molar-refractivity contribution in [3.05, 3.63) is 34.9 Å². The minimum absolute atomic E-state index is 0. The zero-order chi connectivity index (χ0) is 18.6. The van der Waals surface area contributed by atoms with Crippen molar-refractivity contribution in [2.45, 2.75) is 56.4 Å². The Hall–Kier alpha value is -1.14. The van der Waals surface area contributed by atoms with Crippen LogP contribution in [0.2, 0.25) is 5.02 Å². The second-order valence-corrected chi connectivity index (χ2v) is 7.95. The third kappa shape index (κ3) is 5.23. The maximum atomic E-state index is 11.6. The number of rotatable bonds is 7. The molecule has 1 aliphatic heterocycles. The van der Waals surface area contributed by atoms with Gasteiger partial charge < -0.3 is 11.1 Å². The molecule has 5 nitrogen and oxygen atoms in total. The number of nitrogens with zero attached hydrogens (tertiary/aromatic N) is 1. The molecule has 150 valence electrons. The van der Waals surface area contributed by atoms with Crippen LogP contribution in [-0.2, 0) is 15.0 Å². The molecule has 3 N–H and O–H groups in total. The van der Waals surface area contributed by atoms with Crippen LogP contribution in [0.4, 0.5) is 0 Å². The molecule has 1 aromatic carbocycles. The molecule has 2 fully saturated rings. The first kappa shape index (κ1) is 22.2. The summed E-state index contributed by atoms with van der Waals surface area (Å²) in [5.41, 5.74) is 7.42. The van der Waals surface area contributed by atoms with Gasteiger partial charge in [0.25, 0.3) is 0 Å². The number of carbonyl (C=O) groups excluding carboxylic acids is 2. The molecular weight excluding hydrogens is 385 g/mol. The number of nitrogens with two attached hydrogens (primary N) is 1. The van der Waals surface area contributed by atoms with E-state index in [2.05, 4.69) is 11.4 Å². The van der Waals surface area contributed by atoms with E-state index < -0.39 is 0 Å². The average molecular weight is 414 g/mol. The molecule has 0 spiro atoms. The van der Waals surface area contributed by atoms with Crippen LogP contribution in [0, 0.1) is 0 Å². The van der Waals surface area contributed by atoms with Gasteiger partial charge in [-0.3, -0.25) is 14.5 Å². The van der Waals surface area contributed by atoms with Gasteiger partial charge in [0.1, 0.15) is 0 Å². The smallest absolute Gasteiger partial charge is 0.229 e. The zero-order valence-corrected chi connectivity index (χ0v) is 17.2. The maximum absolute atomic E-state index is 11.6. The van der Waals surface area contributed by atoms with Crippen molar-refractivity contribution in [3.63, 3.8) is 0 Å². The molecule has 1 aromatic rings. The summed E-state index contributed by atoms with van der Waals surface area (Å²) in [6.45, 7) is 2.00. The summed E-state index contributed by atoms with van der Waals surface area (Å²) >= 11 is 6.17. The lowest BCUT2D eigenvalue weighted by Gasteiger charge is -2.40. The second-order valence-electron chi connectivity index (χ2n) is 7.52. The Morgan fingerprint density at radius 1 is 1.19 bits per heavy atom. The van der Waals surface area contributed by atoms with E-state index in [-0.39, 0.29) is 29.6 Å². The highest BCUT2D eigenvalue weighted by Gasteiger charge is 2.35. The molecule has 2 amide bonds. The van der Waals surface area contributed by atoms with Crippen LogP contribution in [-0.4, -0.2) is 42.4 Å². The first-order chi connectivity index (χ1) is 12.5. The van der Waals surface area contributed by atoms with Gasteiger partial charge in [0.05, 0.1) is 0 Å². The maximum Gasteiger partial charge on any atom is 0.229 e. The summed E-state index contributed by atoms with van der Waals surface area (Å²) in [5, 5.41) is 4.35. The Balaban J connectivity index is 0.00000261.